The number of hydrogen-bond donors (Lipinski definition) is 1. The molecule has 0 radical (unpaired) electrons. The number of halogens is 1. The van der Waals surface area contributed by atoms with E-state index in [1.165, 1.54) is 0 Å². The third-order valence-corrected chi connectivity index (χ3v) is 9.64. The first-order chi connectivity index (χ1) is 10.1. The molecule has 1 aromatic rings. The molecule has 0 spiro atoms. The lowest BCUT2D eigenvalue weighted by Gasteiger charge is -2.38. The van der Waals surface area contributed by atoms with Crippen LogP contribution in [0.2, 0.25) is 23.2 Å². The van der Waals surface area contributed by atoms with Gasteiger partial charge in [0.2, 0.25) is 0 Å². The van der Waals surface area contributed by atoms with Crippen LogP contribution in [0.1, 0.15) is 40.0 Å². The van der Waals surface area contributed by atoms with Crippen molar-refractivity contribution >= 4 is 25.6 Å². The lowest BCUT2D eigenvalue weighted by atomic mass is 10.2. The van der Waals surface area contributed by atoms with E-state index in [1.54, 1.807) is 6.07 Å². The number of hydrogen-bond acceptors (Lipinski definition) is 3. The molecule has 0 heterocycles. The number of rotatable bonds is 4. The van der Waals surface area contributed by atoms with Crippen LogP contribution in [-0.4, -0.2) is 20.5 Å². The van der Waals surface area contributed by atoms with E-state index in [4.69, 9.17) is 26.5 Å². The average Bonchev–Trinajstić information content (AvgIpc) is 2.78. The Morgan fingerprint density at radius 2 is 1.82 bits per heavy atom. The maximum Gasteiger partial charge on any atom is 0.192 e. The van der Waals surface area contributed by atoms with Gasteiger partial charge >= 0.3 is 0 Å². The van der Waals surface area contributed by atoms with Gasteiger partial charge in [0.1, 0.15) is 11.9 Å². The SMILES string of the molecule is CC(C)(C)[Si](C)(C)OC1CCC(Oc2ccc(Cl)cc2N)C1. The number of ether oxygens (including phenoxy) is 1. The molecular weight excluding hydrogens is 314 g/mol. The second-order valence-corrected chi connectivity index (χ2v) is 12.9. The summed E-state index contributed by atoms with van der Waals surface area (Å²) in [7, 11) is -1.71. The standard InChI is InChI=1S/C17H28ClNO2Si/c1-17(2,3)22(4,5)21-14-8-7-13(11-14)20-16-9-6-12(18)10-15(16)19/h6,9-10,13-14H,7-8,11,19H2,1-5H3. The van der Waals surface area contributed by atoms with Crippen LogP contribution in [0.25, 0.3) is 0 Å². The topological polar surface area (TPSA) is 44.5 Å². The molecule has 0 saturated heterocycles. The van der Waals surface area contributed by atoms with Crippen LogP contribution in [0.4, 0.5) is 5.69 Å². The molecular formula is C17H28ClNO2Si. The van der Waals surface area contributed by atoms with E-state index in [0.29, 0.717) is 16.8 Å². The first kappa shape index (κ1) is 17.6. The molecule has 2 atom stereocenters. The van der Waals surface area contributed by atoms with Gasteiger partial charge in [0.25, 0.3) is 0 Å². The Labute approximate surface area is 140 Å². The zero-order valence-corrected chi connectivity index (χ0v) is 16.0. The summed E-state index contributed by atoms with van der Waals surface area (Å²) in [6.07, 6.45) is 3.50. The number of anilines is 1. The van der Waals surface area contributed by atoms with Crippen molar-refractivity contribution in [3.8, 4) is 5.75 Å². The van der Waals surface area contributed by atoms with Gasteiger partial charge in [0, 0.05) is 17.5 Å². The maximum absolute atomic E-state index is 6.49. The van der Waals surface area contributed by atoms with Gasteiger partial charge in [0.05, 0.1) is 5.69 Å². The van der Waals surface area contributed by atoms with Gasteiger partial charge in [-0.05, 0) is 49.2 Å². The van der Waals surface area contributed by atoms with Crippen molar-refractivity contribution in [3.63, 3.8) is 0 Å². The molecule has 0 aliphatic heterocycles. The molecule has 3 nitrogen and oxygen atoms in total. The second-order valence-electron chi connectivity index (χ2n) is 7.74. The Kier molecular flexibility index (Phi) is 5.15. The zero-order valence-electron chi connectivity index (χ0n) is 14.3. The molecule has 2 rings (SSSR count). The summed E-state index contributed by atoms with van der Waals surface area (Å²) < 4.78 is 12.5. The summed E-state index contributed by atoms with van der Waals surface area (Å²) >= 11 is 5.92. The van der Waals surface area contributed by atoms with Crippen LogP contribution >= 0.6 is 11.6 Å². The number of nitrogens with two attached hydrogens (primary N) is 1. The average molecular weight is 342 g/mol. The molecule has 2 N–H and O–H groups in total. The first-order valence-electron chi connectivity index (χ1n) is 7.98. The predicted octanol–water partition coefficient (Wildman–Crippen LogP) is 5.24. The fourth-order valence-electron chi connectivity index (χ4n) is 2.51. The molecule has 5 heteroatoms. The van der Waals surface area contributed by atoms with Crippen LogP contribution < -0.4 is 10.5 Å². The Bertz CT molecular complexity index is 528. The summed E-state index contributed by atoms with van der Waals surface area (Å²) in [6.45, 7) is 11.4. The van der Waals surface area contributed by atoms with Gasteiger partial charge in [-0.25, -0.2) is 0 Å². The Morgan fingerprint density at radius 3 is 2.41 bits per heavy atom. The third-order valence-electron chi connectivity index (χ3n) is 4.87. The molecule has 1 saturated carbocycles. The highest BCUT2D eigenvalue weighted by Gasteiger charge is 2.41. The van der Waals surface area contributed by atoms with Gasteiger partial charge in [-0.3, -0.25) is 0 Å². The van der Waals surface area contributed by atoms with E-state index < -0.39 is 8.32 Å². The predicted molar refractivity (Wildman–Crippen MR) is 96.2 cm³/mol. The van der Waals surface area contributed by atoms with Crippen LogP contribution in [0, 0.1) is 0 Å². The number of benzene rings is 1. The van der Waals surface area contributed by atoms with Crippen molar-refractivity contribution in [1.82, 2.24) is 0 Å². The van der Waals surface area contributed by atoms with E-state index in [0.717, 1.165) is 25.0 Å². The van der Waals surface area contributed by atoms with E-state index in [-0.39, 0.29) is 11.1 Å². The smallest absolute Gasteiger partial charge is 0.192 e. The fourth-order valence-corrected chi connectivity index (χ4v) is 4.10. The molecule has 1 aliphatic carbocycles. The summed E-state index contributed by atoms with van der Waals surface area (Å²) in [4.78, 5) is 0. The Balaban J connectivity index is 1.93. The van der Waals surface area contributed by atoms with Crippen molar-refractivity contribution in [1.29, 1.82) is 0 Å². The second kappa shape index (κ2) is 6.42. The van der Waals surface area contributed by atoms with E-state index in [2.05, 4.69) is 33.9 Å². The lowest BCUT2D eigenvalue weighted by Crippen LogP contribution is -2.43. The summed E-state index contributed by atoms with van der Waals surface area (Å²) in [6, 6.07) is 5.39. The first-order valence-corrected chi connectivity index (χ1v) is 11.3. The van der Waals surface area contributed by atoms with Crippen molar-refractivity contribution in [2.24, 2.45) is 0 Å². The molecule has 0 bridgehead atoms. The summed E-state index contributed by atoms with van der Waals surface area (Å²) in [5.41, 5.74) is 6.56. The van der Waals surface area contributed by atoms with Crippen LogP contribution in [0.15, 0.2) is 18.2 Å². The maximum atomic E-state index is 6.49. The van der Waals surface area contributed by atoms with E-state index in [9.17, 15) is 0 Å². The molecule has 1 aliphatic rings. The summed E-state index contributed by atoms with van der Waals surface area (Å²) in [5, 5.41) is 0.877. The van der Waals surface area contributed by atoms with Crippen molar-refractivity contribution in [2.45, 2.75) is 70.4 Å². The van der Waals surface area contributed by atoms with Gasteiger partial charge in [0.15, 0.2) is 8.32 Å². The normalized spacial score (nSPS) is 22.8. The van der Waals surface area contributed by atoms with Gasteiger partial charge in [-0.1, -0.05) is 32.4 Å². The highest BCUT2D eigenvalue weighted by atomic mass is 35.5. The molecule has 124 valence electrons. The van der Waals surface area contributed by atoms with Crippen molar-refractivity contribution in [2.75, 3.05) is 5.73 Å². The quantitative estimate of drug-likeness (QED) is 0.601. The molecule has 22 heavy (non-hydrogen) atoms. The molecule has 1 aromatic carbocycles. The third kappa shape index (κ3) is 4.18. The Morgan fingerprint density at radius 1 is 1.18 bits per heavy atom. The minimum atomic E-state index is -1.71. The van der Waals surface area contributed by atoms with Crippen LogP contribution in [0.5, 0.6) is 5.75 Å². The van der Waals surface area contributed by atoms with E-state index >= 15 is 0 Å². The summed E-state index contributed by atoms with van der Waals surface area (Å²) in [5.74, 6) is 0.724. The molecule has 0 amide bonds. The van der Waals surface area contributed by atoms with Crippen molar-refractivity contribution < 1.29 is 9.16 Å². The van der Waals surface area contributed by atoms with Gasteiger partial charge in [-0.2, -0.15) is 0 Å². The minimum absolute atomic E-state index is 0.179. The minimum Gasteiger partial charge on any atom is -0.488 e. The van der Waals surface area contributed by atoms with Crippen LogP contribution in [-0.2, 0) is 4.43 Å². The van der Waals surface area contributed by atoms with Gasteiger partial charge < -0.3 is 14.9 Å². The Hall–Kier alpha value is -0.713. The number of nitrogen functional groups attached to an aromatic ring is 1. The monoisotopic (exact) mass is 341 g/mol. The van der Waals surface area contributed by atoms with E-state index in [1.807, 2.05) is 12.1 Å². The highest BCUT2D eigenvalue weighted by Crippen LogP contribution is 2.40. The van der Waals surface area contributed by atoms with Crippen molar-refractivity contribution in [3.05, 3.63) is 23.2 Å². The van der Waals surface area contributed by atoms with Gasteiger partial charge in [-0.15, -0.1) is 0 Å². The molecule has 0 aromatic heterocycles. The molecule has 1 fully saturated rings. The van der Waals surface area contributed by atoms with Crippen LogP contribution in [0.3, 0.4) is 0 Å². The fraction of sp³-hybridized carbons (Fsp3) is 0.647. The molecule has 2 unspecified atom stereocenters. The lowest BCUT2D eigenvalue weighted by molar-refractivity contribution is 0.155. The zero-order chi connectivity index (χ0) is 16.5. The highest BCUT2D eigenvalue weighted by molar-refractivity contribution is 6.74. The largest absolute Gasteiger partial charge is 0.488 e.